The normalized spacial score (nSPS) is 33.5. The summed E-state index contributed by atoms with van der Waals surface area (Å²) in [6.07, 6.45) is -6.89. The summed E-state index contributed by atoms with van der Waals surface area (Å²) >= 11 is 0. The van der Waals surface area contributed by atoms with E-state index in [9.17, 15) is 62.3 Å². The summed E-state index contributed by atoms with van der Waals surface area (Å²) in [5.41, 5.74) is 0. The van der Waals surface area contributed by atoms with Crippen molar-refractivity contribution in [3.8, 4) is 0 Å². The number of halogens is 12. The smallest absolute Gasteiger partial charge is 0.380 e. The van der Waals surface area contributed by atoms with E-state index in [1.807, 2.05) is 0 Å². The van der Waals surface area contributed by atoms with Gasteiger partial charge in [-0.05, 0) is 12.8 Å². The number of ether oxygens (including phenoxy) is 2. The number of hydrogen-bond acceptors (Lipinski definition) is 4. The van der Waals surface area contributed by atoms with Crippen LogP contribution in [-0.4, -0.2) is 59.7 Å². The molecule has 182 valence electrons. The first-order valence-corrected chi connectivity index (χ1v) is 8.60. The largest absolute Gasteiger partial charge is 0.449 e. The molecule has 2 unspecified atom stereocenters. The van der Waals surface area contributed by atoms with Crippen molar-refractivity contribution in [3.05, 3.63) is 12.2 Å². The molecule has 2 atom stereocenters. The Hall–Kier alpha value is -2.16. The first kappa shape index (κ1) is 24.5. The molecule has 3 aliphatic carbocycles. The lowest BCUT2D eigenvalue weighted by Gasteiger charge is -2.49. The van der Waals surface area contributed by atoms with Crippen LogP contribution >= 0.6 is 0 Å². The highest BCUT2D eigenvalue weighted by Gasteiger charge is 2.93. The summed E-state index contributed by atoms with van der Waals surface area (Å²) in [5.74, 6) is -42.1. The molecule has 32 heavy (non-hydrogen) atoms. The lowest BCUT2D eigenvalue weighted by Crippen LogP contribution is -2.79. The predicted molar refractivity (Wildman–Crippen MR) is 74.8 cm³/mol. The van der Waals surface area contributed by atoms with Gasteiger partial charge >= 0.3 is 47.5 Å². The van der Waals surface area contributed by atoms with Gasteiger partial charge in [-0.2, -0.15) is 52.7 Å². The lowest BCUT2D eigenvalue weighted by atomic mass is 9.79. The summed E-state index contributed by atoms with van der Waals surface area (Å²) in [4.78, 5) is 24.1. The van der Waals surface area contributed by atoms with Gasteiger partial charge in [0.15, 0.2) is 0 Å². The number of esters is 2. The predicted octanol–water partition coefficient (Wildman–Crippen LogP) is 4.23. The van der Waals surface area contributed by atoms with Gasteiger partial charge in [-0.3, -0.25) is 9.59 Å². The summed E-state index contributed by atoms with van der Waals surface area (Å²) in [5, 5.41) is 0. The summed E-state index contributed by atoms with van der Waals surface area (Å²) < 4.78 is 165. The number of alkyl halides is 12. The first-order chi connectivity index (χ1) is 14.3. The van der Waals surface area contributed by atoms with Gasteiger partial charge in [0.05, 0.1) is 11.8 Å². The molecule has 0 amide bonds. The van der Waals surface area contributed by atoms with Crippen LogP contribution in [0.2, 0.25) is 0 Å². The zero-order chi connectivity index (χ0) is 24.7. The number of hydrogen-bond donors (Lipinski definition) is 0. The minimum absolute atomic E-state index is 0.162. The Labute approximate surface area is 169 Å². The molecular weight excluding hydrogens is 484 g/mol. The van der Waals surface area contributed by atoms with Crippen molar-refractivity contribution in [1.82, 2.24) is 0 Å². The second-order valence-corrected chi connectivity index (χ2v) is 7.41. The molecule has 0 N–H and O–H groups in total. The van der Waals surface area contributed by atoms with E-state index in [4.69, 9.17) is 0 Å². The zero-order valence-electron chi connectivity index (χ0n) is 15.0. The van der Waals surface area contributed by atoms with Crippen LogP contribution in [0, 0.1) is 11.8 Å². The van der Waals surface area contributed by atoms with Gasteiger partial charge in [0.2, 0.25) is 12.2 Å². The van der Waals surface area contributed by atoms with E-state index in [1.165, 1.54) is 0 Å². The van der Waals surface area contributed by atoms with Crippen LogP contribution in [0.5, 0.6) is 0 Å². The van der Waals surface area contributed by atoms with Crippen LogP contribution in [0.3, 0.4) is 0 Å². The molecule has 0 aliphatic heterocycles. The molecule has 0 aromatic carbocycles. The van der Waals surface area contributed by atoms with Gasteiger partial charge in [0.25, 0.3) is 0 Å². The van der Waals surface area contributed by atoms with Gasteiger partial charge < -0.3 is 9.47 Å². The van der Waals surface area contributed by atoms with Crippen LogP contribution in [0.1, 0.15) is 12.8 Å². The average molecular weight is 494 g/mol. The fraction of sp³-hybridized carbons (Fsp3) is 0.750. The van der Waals surface area contributed by atoms with Gasteiger partial charge in [-0.1, -0.05) is 12.2 Å². The maximum Gasteiger partial charge on any atom is 0.380 e. The number of rotatable bonds is 4. The highest BCUT2D eigenvalue weighted by atomic mass is 19.4. The van der Waals surface area contributed by atoms with E-state index in [2.05, 4.69) is 9.47 Å². The van der Waals surface area contributed by atoms with Crippen LogP contribution in [0.4, 0.5) is 52.7 Å². The minimum atomic E-state index is -5.86. The van der Waals surface area contributed by atoms with Crippen LogP contribution in [0.15, 0.2) is 12.2 Å². The SMILES string of the molecule is O=C(OC1C(F)(F)C(F)(F)C1(F)F)C1C=CCCC1C(=O)OC1C(F)(F)C(F)(F)C1(F)F. The molecule has 2 saturated carbocycles. The van der Waals surface area contributed by atoms with E-state index < -0.39 is 77.9 Å². The molecule has 0 spiro atoms. The van der Waals surface area contributed by atoms with Crippen molar-refractivity contribution >= 4 is 11.9 Å². The molecule has 0 aromatic heterocycles. The molecule has 0 bridgehead atoms. The standard InChI is InChI=1S/C16H10F12O4/c17-11(18)9(12(19,20)15(11,25)26)31-7(29)5-3-1-2-4-6(5)8(30)32-10-13(21,22)16(27,28)14(10,23)24/h1,3,5-6,9-10H,2,4H2. The first-order valence-electron chi connectivity index (χ1n) is 8.60. The molecule has 16 heteroatoms. The summed E-state index contributed by atoms with van der Waals surface area (Å²) in [6.45, 7) is 0. The monoisotopic (exact) mass is 494 g/mol. The van der Waals surface area contributed by atoms with Gasteiger partial charge in [-0.15, -0.1) is 0 Å². The highest BCUT2D eigenvalue weighted by molar-refractivity contribution is 5.84. The van der Waals surface area contributed by atoms with Crippen molar-refractivity contribution < 1.29 is 71.7 Å². The Morgan fingerprint density at radius 2 is 1.03 bits per heavy atom. The zero-order valence-corrected chi connectivity index (χ0v) is 15.0. The molecule has 3 rings (SSSR count). The van der Waals surface area contributed by atoms with Gasteiger partial charge in [0.1, 0.15) is 0 Å². The quantitative estimate of drug-likeness (QED) is 0.334. The molecule has 0 radical (unpaired) electrons. The van der Waals surface area contributed by atoms with Gasteiger partial charge in [-0.25, -0.2) is 0 Å². The molecule has 3 aliphatic rings. The van der Waals surface area contributed by atoms with Crippen LogP contribution in [-0.2, 0) is 19.1 Å². The Kier molecular flexibility index (Phi) is 5.11. The summed E-state index contributed by atoms with van der Waals surface area (Å²) in [6, 6.07) is 0. The topological polar surface area (TPSA) is 52.6 Å². The van der Waals surface area contributed by atoms with E-state index >= 15 is 0 Å². The fourth-order valence-electron chi connectivity index (χ4n) is 3.44. The third-order valence-electron chi connectivity index (χ3n) is 5.46. The second-order valence-electron chi connectivity index (χ2n) is 7.41. The molecule has 0 saturated heterocycles. The Morgan fingerprint density at radius 3 is 1.44 bits per heavy atom. The van der Waals surface area contributed by atoms with E-state index in [1.54, 1.807) is 0 Å². The highest BCUT2D eigenvalue weighted by Crippen LogP contribution is 2.63. The summed E-state index contributed by atoms with van der Waals surface area (Å²) in [7, 11) is 0. The Bertz CT molecular complexity index is 816. The van der Waals surface area contributed by atoms with Crippen molar-refractivity contribution in [2.45, 2.75) is 60.6 Å². The van der Waals surface area contributed by atoms with Crippen LogP contribution < -0.4 is 0 Å². The third-order valence-corrected chi connectivity index (χ3v) is 5.46. The maximum absolute atomic E-state index is 13.3. The Morgan fingerprint density at radius 1 is 0.656 bits per heavy atom. The molecular formula is C16H10F12O4. The number of carbonyl (C=O) groups excluding carboxylic acids is 2. The van der Waals surface area contributed by atoms with Crippen molar-refractivity contribution in [2.24, 2.45) is 11.8 Å². The average Bonchev–Trinajstić information content (AvgIpc) is 2.68. The molecule has 0 aromatic rings. The van der Waals surface area contributed by atoms with Gasteiger partial charge in [0, 0.05) is 0 Å². The van der Waals surface area contributed by atoms with E-state index in [0.717, 1.165) is 6.08 Å². The van der Waals surface area contributed by atoms with Crippen molar-refractivity contribution in [3.63, 3.8) is 0 Å². The van der Waals surface area contributed by atoms with Crippen molar-refractivity contribution in [1.29, 1.82) is 0 Å². The maximum atomic E-state index is 13.3. The molecule has 4 nitrogen and oxygen atoms in total. The number of allylic oxidation sites excluding steroid dienone is 1. The second kappa shape index (κ2) is 6.68. The van der Waals surface area contributed by atoms with E-state index in [-0.39, 0.29) is 6.42 Å². The van der Waals surface area contributed by atoms with E-state index in [0.29, 0.717) is 6.08 Å². The Balaban J connectivity index is 1.75. The van der Waals surface area contributed by atoms with Crippen LogP contribution in [0.25, 0.3) is 0 Å². The minimum Gasteiger partial charge on any atom is -0.449 e. The van der Waals surface area contributed by atoms with Crippen molar-refractivity contribution in [2.75, 3.05) is 0 Å². The fourth-order valence-corrected chi connectivity index (χ4v) is 3.44. The lowest BCUT2D eigenvalue weighted by molar-refractivity contribution is -0.447. The molecule has 0 heterocycles. The number of carbonyl (C=O) groups is 2. The molecule has 2 fully saturated rings. The third kappa shape index (κ3) is 2.79.